The average molecular weight is 315 g/mol. The first-order valence-electron chi connectivity index (χ1n) is 8.03. The van der Waals surface area contributed by atoms with Gasteiger partial charge in [-0.15, -0.1) is 0 Å². The SMILES string of the molecule is CCN(C(=O)CN1C(=O)C(C)N(c2ccccc2)C1=O)C1CC1. The Morgan fingerprint density at radius 2 is 1.87 bits per heavy atom. The van der Waals surface area contributed by atoms with Gasteiger partial charge in [0.15, 0.2) is 0 Å². The van der Waals surface area contributed by atoms with Crippen molar-refractivity contribution >= 4 is 23.5 Å². The fourth-order valence-corrected chi connectivity index (χ4v) is 3.04. The number of imide groups is 1. The largest absolute Gasteiger partial charge is 0.338 e. The van der Waals surface area contributed by atoms with Crippen molar-refractivity contribution in [3.8, 4) is 0 Å². The molecule has 0 bridgehead atoms. The molecular formula is C17H21N3O3. The monoisotopic (exact) mass is 315 g/mol. The summed E-state index contributed by atoms with van der Waals surface area (Å²) < 4.78 is 0. The first-order valence-corrected chi connectivity index (χ1v) is 8.03. The van der Waals surface area contributed by atoms with E-state index in [1.807, 2.05) is 25.1 Å². The molecule has 2 aliphatic rings. The predicted octanol–water partition coefficient (Wildman–Crippen LogP) is 1.85. The second-order valence-corrected chi connectivity index (χ2v) is 6.00. The number of urea groups is 1. The topological polar surface area (TPSA) is 60.9 Å². The number of hydrogen-bond acceptors (Lipinski definition) is 3. The lowest BCUT2D eigenvalue weighted by atomic mass is 10.2. The second-order valence-electron chi connectivity index (χ2n) is 6.00. The Morgan fingerprint density at radius 3 is 2.43 bits per heavy atom. The van der Waals surface area contributed by atoms with Crippen LogP contribution >= 0.6 is 0 Å². The van der Waals surface area contributed by atoms with Crippen LogP contribution in [0, 0.1) is 0 Å². The van der Waals surface area contributed by atoms with Gasteiger partial charge in [0.25, 0.3) is 5.91 Å². The van der Waals surface area contributed by atoms with Gasteiger partial charge in [-0.2, -0.15) is 0 Å². The van der Waals surface area contributed by atoms with Crippen molar-refractivity contribution in [1.82, 2.24) is 9.80 Å². The van der Waals surface area contributed by atoms with E-state index >= 15 is 0 Å². The molecule has 1 saturated heterocycles. The fourth-order valence-electron chi connectivity index (χ4n) is 3.04. The lowest BCUT2D eigenvalue weighted by molar-refractivity contribution is -0.137. The molecule has 0 spiro atoms. The molecule has 3 rings (SSSR count). The van der Waals surface area contributed by atoms with Gasteiger partial charge in [0, 0.05) is 18.3 Å². The van der Waals surface area contributed by atoms with E-state index < -0.39 is 12.1 Å². The number of carbonyl (C=O) groups is 3. The maximum atomic E-state index is 12.6. The van der Waals surface area contributed by atoms with Crippen molar-refractivity contribution in [3.63, 3.8) is 0 Å². The third-order valence-corrected chi connectivity index (χ3v) is 4.42. The molecule has 1 atom stereocenters. The van der Waals surface area contributed by atoms with E-state index in [2.05, 4.69) is 0 Å². The van der Waals surface area contributed by atoms with Crippen molar-refractivity contribution in [3.05, 3.63) is 30.3 Å². The van der Waals surface area contributed by atoms with E-state index in [4.69, 9.17) is 0 Å². The summed E-state index contributed by atoms with van der Waals surface area (Å²) in [6, 6.07) is 8.34. The Kier molecular flexibility index (Phi) is 4.07. The summed E-state index contributed by atoms with van der Waals surface area (Å²) in [5.41, 5.74) is 0.669. The van der Waals surface area contributed by atoms with Crippen LogP contribution in [-0.4, -0.2) is 52.8 Å². The molecule has 0 aromatic heterocycles. The molecule has 6 heteroatoms. The predicted molar refractivity (Wildman–Crippen MR) is 85.9 cm³/mol. The van der Waals surface area contributed by atoms with E-state index in [-0.39, 0.29) is 24.4 Å². The summed E-state index contributed by atoms with van der Waals surface area (Å²) in [5.74, 6) is -0.474. The van der Waals surface area contributed by atoms with E-state index in [1.54, 1.807) is 24.0 Å². The molecule has 1 aromatic rings. The number of hydrogen-bond donors (Lipinski definition) is 0. The Morgan fingerprint density at radius 1 is 1.22 bits per heavy atom. The van der Waals surface area contributed by atoms with Crippen LogP contribution in [0.5, 0.6) is 0 Å². The molecule has 23 heavy (non-hydrogen) atoms. The fraction of sp³-hybridized carbons (Fsp3) is 0.471. The molecule has 1 aliphatic heterocycles. The highest BCUT2D eigenvalue weighted by Gasteiger charge is 2.45. The first kappa shape index (κ1) is 15.5. The highest BCUT2D eigenvalue weighted by atomic mass is 16.2. The van der Waals surface area contributed by atoms with Crippen LogP contribution in [0.25, 0.3) is 0 Å². The minimum Gasteiger partial charge on any atom is -0.338 e. The van der Waals surface area contributed by atoms with Gasteiger partial charge in [0.2, 0.25) is 5.91 Å². The van der Waals surface area contributed by atoms with E-state index in [0.29, 0.717) is 12.2 Å². The highest BCUT2D eigenvalue weighted by molar-refractivity contribution is 6.15. The van der Waals surface area contributed by atoms with Gasteiger partial charge in [-0.25, -0.2) is 4.79 Å². The summed E-state index contributed by atoms with van der Waals surface area (Å²) in [6.45, 7) is 4.05. The Bertz CT molecular complexity index is 627. The number of likely N-dealkylation sites (N-methyl/N-ethyl adjacent to an activating group) is 1. The molecule has 0 N–H and O–H groups in total. The van der Waals surface area contributed by atoms with Gasteiger partial charge in [-0.05, 0) is 38.8 Å². The number of carbonyl (C=O) groups excluding carboxylic acids is 3. The summed E-state index contributed by atoms with van der Waals surface area (Å²) in [7, 11) is 0. The van der Waals surface area contributed by atoms with E-state index in [9.17, 15) is 14.4 Å². The first-order chi connectivity index (χ1) is 11.0. The minimum atomic E-state index is -0.589. The summed E-state index contributed by atoms with van der Waals surface area (Å²) in [6.07, 6.45) is 2.02. The van der Waals surface area contributed by atoms with Crippen molar-refractivity contribution in [2.45, 2.75) is 38.8 Å². The maximum Gasteiger partial charge on any atom is 0.332 e. The van der Waals surface area contributed by atoms with Crippen molar-refractivity contribution in [1.29, 1.82) is 0 Å². The molecule has 0 radical (unpaired) electrons. The highest BCUT2D eigenvalue weighted by Crippen LogP contribution is 2.28. The van der Waals surface area contributed by atoms with Crippen LogP contribution in [0.3, 0.4) is 0 Å². The third kappa shape index (κ3) is 2.81. The molecule has 6 nitrogen and oxygen atoms in total. The molecule has 1 heterocycles. The zero-order valence-electron chi connectivity index (χ0n) is 13.4. The summed E-state index contributed by atoms with van der Waals surface area (Å²) in [4.78, 5) is 41.7. The molecule has 2 fully saturated rings. The zero-order valence-corrected chi connectivity index (χ0v) is 13.4. The lowest BCUT2D eigenvalue weighted by Crippen LogP contribution is -2.44. The van der Waals surface area contributed by atoms with Crippen LogP contribution in [0.1, 0.15) is 26.7 Å². The molecule has 1 aromatic carbocycles. The van der Waals surface area contributed by atoms with Crippen LogP contribution < -0.4 is 4.90 Å². The quantitative estimate of drug-likeness (QED) is 0.779. The second kappa shape index (κ2) is 6.02. The number of amides is 4. The lowest BCUT2D eigenvalue weighted by Gasteiger charge is -2.23. The minimum absolute atomic E-state index is 0.154. The molecule has 4 amide bonds. The van der Waals surface area contributed by atoms with Gasteiger partial charge in [0.1, 0.15) is 12.6 Å². The van der Waals surface area contributed by atoms with E-state index in [0.717, 1.165) is 17.7 Å². The van der Waals surface area contributed by atoms with Gasteiger partial charge < -0.3 is 4.90 Å². The standard InChI is InChI=1S/C17H21N3O3/c1-3-18(13-9-10-13)15(21)11-19-16(22)12(2)20(17(19)23)14-7-5-4-6-8-14/h4-8,12-13H,3,9-11H2,1-2H3. The van der Waals surface area contributed by atoms with Crippen molar-refractivity contribution in [2.75, 3.05) is 18.0 Å². The van der Waals surface area contributed by atoms with Crippen LogP contribution in [0.15, 0.2) is 30.3 Å². The number of nitrogens with zero attached hydrogens (tertiary/aromatic N) is 3. The van der Waals surface area contributed by atoms with Crippen molar-refractivity contribution in [2.24, 2.45) is 0 Å². The number of rotatable bonds is 5. The normalized spacial score (nSPS) is 21.0. The zero-order chi connectivity index (χ0) is 16.6. The number of anilines is 1. The third-order valence-electron chi connectivity index (χ3n) is 4.42. The maximum absolute atomic E-state index is 12.6. The summed E-state index contributed by atoms with van der Waals surface area (Å²) in [5, 5.41) is 0. The Hall–Kier alpha value is -2.37. The molecule has 1 saturated carbocycles. The Balaban J connectivity index is 1.77. The summed E-state index contributed by atoms with van der Waals surface area (Å²) >= 11 is 0. The van der Waals surface area contributed by atoms with E-state index in [1.165, 1.54) is 4.90 Å². The smallest absolute Gasteiger partial charge is 0.332 e. The van der Waals surface area contributed by atoms with Crippen LogP contribution in [0.2, 0.25) is 0 Å². The van der Waals surface area contributed by atoms with Crippen molar-refractivity contribution < 1.29 is 14.4 Å². The Labute approximate surface area is 135 Å². The van der Waals surface area contributed by atoms with Crippen LogP contribution in [-0.2, 0) is 9.59 Å². The molecule has 1 aliphatic carbocycles. The number of para-hydroxylation sites is 1. The average Bonchev–Trinajstić information content (AvgIpc) is 3.35. The molecule has 1 unspecified atom stereocenters. The molecule has 122 valence electrons. The van der Waals surface area contributed by atoms with Gasteiger partial charge in [0.05, 0.1) is 0 Å². The van der Waals surface area contributed by atoms with Crippen LogP contribution in [0.4, 0.5) is 10.5 Å². The van der Waals surface area contributed by atoms with Gasteiger partial charge in [-0.3, -0.25) is 19.4 Å². The number of benzene rings is 1. The molecular weight excluding hydrogens is 294 g/mol. The van der Waals surface area contributed by atoms with Gasteiger partial charge in [-0.1, -0.05) is 18.2 Å². The van der Waals surface area contributed by atoms with Gasteiger partial charge >= 0.3 is 6.03 Å².